The lowest BCUT2D eigenvalue weighted by Crippen LogP contribution is -1.98. The molecule has 74 valence electrons. The van der Waals surface area contributed by atoms with Crippen LogP contribution in [-0.2, 0) is 0 Å². The van der Waals surface area contributed by atoms with Gasteiger partial charge in [-0.3, -0.25) is 0 Å². The van der Waals surface area contributed by atoms with Crippen molar-refractivity contribution in [3.8, 4) is 0 Å². The van der Waals surface area contributed by atoms with Gasteiger partial charge in [0, 0.05) is 0 Å². The Morgan fingerprint density at radius 3 is 2.50 bits per heavy atom. The summed E-state index contributed by atoms with van der Waals surface area (Å²) in [5.41, 5.74) is 1.47. The summed E-state index contributed by atoms with van der Waals surface area (Å²) in [6, 6.07) is 5.81. The predicted octanol–water partition coefficient (Wildman–Crippen LogP) is 2.99. The Hall–Kier alpha value is -1.41. The zero-order valence-electron chi connectivity index (χ0n) is 8.07. The smallest absolute Gasteiger partial charge is 0.123 e. The molecule has 0 fully saturated rings. The minimum absolute atomic E-state index is 0.300. The first-order valence-corrected chi connectivity index (χ1v) is 4.38. The first kappa shape index (κ1) is 10.7. The number of benzene rings is 1. The van der Waals surface area contributed by atoms with Gasteiger partial charge in [-0.15, -0.1) is 0 Å². The molecule has 1 rings (SSSR count). The van der Waals surface area contributed by atoms with Crippen LogP contribution in [0.2, 0.25) is 0 Å². The second kappa shape index (κ2) is 4.72. The average Bonchev–Trinajstić information content (AvgIpc) is 2.18. The Kier molecular flexibility index (Phi) is 3.60. The second-order valence-electron chi connectivity index (χ2n) is 3.10. The molecule has 2 heteroatoms. The van der Waals surface area contributed by atoms with E-state index in [1.807, 2.05) is 0 Å². The summed E-state index contributed by atoms with van der Waals surface area (Å²) < 4.78 is 12.6. The Balaban J connectivity index is 2.89. The third kappa shape index (κ3) is 2.54. The van der Waals surface area contributed by atoms with Gasteiger partial charge in [-0.25, -0.2) is 4.39 Å². The van der Waals surface area contributed by atoms with Crippen LogP contribution in [0, 0.1) is 5.82 Å². The van der Waals surface area contributed by atoms with Crippen LogP contribution in [0.15, 0.2) is 48.6 Å². The number of rotatable bonds is 3. The van der Waals surface area contributed by atoms with Crippen LogP contribution in [0.4, 0.5) is 4.39 Å². The molecule has 1 unspecified atom stereocenters. The molecule has 0 bridgehead atoms. The lowest BCUT2D eigenvalue weighted by Gasteiger charge is -2.10. The fraction of sp³-hybridized carbons (Fsp3) is 0.167. The Labute approximate surface area is 83.2 Å². The minimum atomic E-state index is -0.686. The fourth-order valence-corrected chi connectivity index (χ4v) is 1.19. The van der Waals surface area contributed by atoms with E-state index in [2.05, 4.69) is 6.58 Å². The van der Waals surface area contributed by atoms with Crippen molar-refractivity contribution in [2.75, 3.05) is 0 Å². The largest absolute Gasteiger partial charge is 0.384 e. The molecule has 0 aliphatic carbocycles. The van der Waals surface area contributed by atoms with Crippen molar-refractivity contribution in [3.63, 3.8) is 0 Å². The van der Waals surface area contributed by atoms with E-state index in [9.17, 15) is 9.50 Å². The lowest BCUT2D eigenvalue weighted by molar-refractivity contribution is 0.215. The standard InChI is InChI=1S/C12H13FO/c1-3-4-9(2)12(14)10-5-7-11(13)8-6-10/h3-8,12,14H,1H2,2H3/b9-4+. The van der Waals surface area contributed by atoms with Crippen molar-refractivity contribution < 1.29 is 9.50 Å². The van der Waals surface area contributed by atoms with Gasteiger partial charge in [-0.2, -0.15) is 0 Å². The van der Waals surface area contributed by atoms with E-state index in [1.54, 1.807) is 31.2 Å². The summed E-state index contributed by atoms with van der Waals surface area (Å²) in [6.07, 6.45) is 2.66. The van der Waals surface area contributed by atoms with Crippen molar-refractivity contribution in [2.24, 2.45) is 0 Å². The van der Waals surface area contributed by atoms with Crippen molar-refractivity contribution in [1.29, 1.82) is 0 Å². The molecule has 1 aromatic rings. The monoisotopic (exact) mass is 192 g/mol. The minimum Gasteiger partial charge on any atom is -0.384 e. The number of allylic oxidation sites excluding steroid dienone is 2. The second-order valence-corrected chi connectivity index (χ2v) is 3.10. The van der Waals surface area contributed by atoms with Crippen molar-refractivity contribution in [2.45, 2.75) is 13.0 Å². The van der Waals surface area contributed by atoms with Gasteiger partial charge < -0.3 is 5.11 Å². The van der Waals surface area contributed by atoms with Crippen LogP contribution in [0.25, 0.3) is 0 Å². The molecule has 0 saturated heterocycles. The van der Waals surface area contributed by atoms with E-state index in [0.717, 1.165) is 5.57 Å². The summed E-state index contributed by atoms with van der Waals surface area (Å²) >= 11 is 0. The number of hydrogen-bond acceptors (Lipinski definition) is 1. The fourth-order valence-electron chi connectivity index (χ4n) is 1.19. The third-order valence-electron chi connectivity index (χ3n) is 2.00. The van der Waals surface area contributed by atoms with E-state index < -0.39 is 6.10 Å². The number of aliphatic hydroxyl groups excluding tert-OH is 1. The molecule has 0 radical (unpaired) electrons. The van der Waals surface area contributed by atoms with Crippen molar-refractivity contribution in [1.82, 2.24) is 0 Å². The quantitative estimate of drug-likeness (QED) is 0.730. The molecule has 14 heavy (non-hydrogen) atoms. The van der Waals surface area contributed by atoms with Gasteiger partial charge in [0.05, 0.1) is 0 Å². The van der Waals surface area contributed by atoms with Crippen molar-refractivity contribution in [3.05, 3.63) is 60.0 Å². The molecule has 1 atom stereocenters. The highest BCUT2D eigenvalue weighted by molar-refractivity contribution is 5.26. The Bertz CT molecular complexity index is 338. The number of aliphatic hydroxyl groups is 1. The maximum absolute atomic E-state index is 12.6. The highest BCUT2D eigenvalue weighted by atomic mass is 19.1. The molecular weight excluding hydrogens is 179 g/mol. The summed E-state index contributed by atoms with van der Waals surface area (Å²) in [4.78, 5) is 0. The first-order chi connectivity index (χ1) is 6.65. The SMILES string of the molecule is C=C/C=C(\C)C(O)c1ccc(F)cc1. The van der Waals surface area contributed by atoms with E-state index in [-0.39, 0.29) is 5.82 Å². The molecule has 0 aliphatic heterocycles. The summed E-state index contributed by atoms with van der Waals surface area (Å²) in [5.74, 6) is -0.300. The van der Waals surface area contributed by atoms with E-state index in [1.165, 1.54) is 12.1 Å². The van der Waals surface area contributed by atoms with Crippen molar-refractivity contribution >= 4 is 0 Å². The first-order valence-electron chi connectivity index (χ1n) is 4.38. The highest BCUT2D eigenvalue weighted by Gasteiger charge is 2.08. The maximum Gasteiger partial charge on any atom is 0.123 e. The zero-order valence-corrected chi connectivity index (χ0v) is 8.07. The van der Waals surface area contributed by atoms with Gasteiger partial charge in [0.1, 0.15) is 11.9 Å². The molecule has 1 N–H and O–H groups in total. The maximum atomic E-state index is 12.6. The summed E-state index contributed by atoms with van der Waals surface area (Å²) in [5, 5.41) is 9.77. The molecular formula is C12H13FO. The molecule has 0 amide bonds. The van der Waals surface area contributed by atoms with Crippen LogP contribution in [0.3, 0.4) is 0 Å². The van der Waals surface area contributed by atoms with Gasteiger partial charge >= 0.3 is 0 Å². The molecule has 0 saturated carbocycles. The molecule has 1 aromatic carbocycles. The predicted molar refractivity (Wildman–Crippen MR) is 55.3 cm³/mol. The summed E-state index contributed by atoms with van der Waals surface area (Å²) in [7, 11) is 0. The Morgan fingerprint density at radius 1 is 1.43 bits per heavy atom. The molecule has 0 spiro atoms. The van der Waals surface area contributed by atoms with Gasteiger partial charge in [0.2, 0.25) is 0 Å². The van der Waals surface area contributed by atoms with Crippen LogP contribution in [0.1, 0.15) is 18.6 Å². The average molecular weight is 192 g/mol. The highest BCUT2D eigenvalue weighted by Crippen LogP contribution is 2.20. The van der Waals surface area contributed by atoms with E-state index in [4.69, 9.17) is 0 Å². The van der Waals surface area contributed by atoms with Crippen LogP contribution >= 0.6 is 0 Å². The van der Waals surface area contributed by atoms with E-state index >= 15 is 0 Å². The van der Waals surface area contributed by atoms with Gasteiger partial charge in [-0.05, 0) is 30.2 Å². The molecule has 0 heterocycles. The van der Waals surface area contributed by atoms with Gasteiger partial charge in [-0.1, -0.05) is 30.9 Å². The topological polar surface area (TPSA) is 20.2 Å². The molecule has 0 aromatic heterocycles. The number of hydrogen-bond donors (Lipinski definition) is 1. The Morgan fingerprint density at radius 2 is 2.00 bits per heavy atom. The third-order valence-corrected chi connectivity index (χ3v) is 2.00. The van der Waals surface area contributed by atoms with Gasteiger partial charge in [0.15, 0.2) is 0 Å². The van der Waals surface area contributed by atoms with Crippen LogP contribution in [0.5, 0.6) is 0 Å². The number of halogens is 1. The van der Waals surface area contributed by atoms with Crippen LogP contribution < -0.4 is 0 Å². The summed E-state index contributed by atoms with van der Waals surface area (Å²) in [6.45, 7) is 5.34. The molecule has 1 nitrogen and oxygen atoms in total. The lowest BCUT2D eigenvalue weighted by atomic mass is 10.0. The van der Waals surface area contributed by atoms with Crippen LogP contribution in [-0.4, -0.2) is 5.11 Å². The van der Waals surface area contributed by atoms with Gasteiger partial charge in [0.25, 0.3) is 0 Å². The normalized spacial score (nSPS) is 13.8. The van der Waals surface area contributed by atoms with E-state index in [0.29, 0.717) is 5.56 Å². The zero-order chi connectivity index (χ0) is 10.6. The molecule has 0 aliphatic rings.